The molecule has 138 valence electrons. The minimum Gasteiger partial charge on any atom is -0.454 e. The fourth-order valence-electron chi connectivity index (χ4n) is 2.67. The summed E-state index contributed by atoms with van der Waals surface area (Å²) in [6, 6.07) is 13.3. The van der Waals surface area contributed by atoms with Gasteiger partial charge >= 0.3 is 0 Å². The number of carbonyl (C=O) groups is 1. The molecule has 0 radical (unpaired) electrons. The van der Waals surface area contributed by atoms with Gasteiger partial charge in [0.2, 0.25) is 6.79 Å². The van der Waals surface area contributed by atoms with Crippen molar-refractivity contribution in [1.29, 1.82) is 0 Å². The van der Waals surface area contributed by atoms with Crippen LogP contribution in [-0.2, 0) is 0 Å². The predicted molar refractivity (Wildman–Crippen MR) is 109 cm³/mol. The highest BCUT2D eigenvalue weighted by Gasteiger charge is 2.16. The Morgan fingerprint density at radius 1 is 1.19 bits per heavy atom. The van der Waals surface area contributed by atoms with Gasteiger partial charge in [0.1, 0.15) is 0 Å². The van der Waals surface area contributed by atoms with Gasteiger partial charge in [-0.25, -0.2) is 4.98 Å². The van der Waals surface area contributed by atoms with Crippen molar-refractivity contribution in [3.05, 3.63) is 53.4 Å². The summed E-state index contributed by atoms with van der Waals surface area (Å²) < 4.78 is 10.7. The van der Waals surface area contributed by atoms with Crippen LogP contribution < -0.4 is 14.8 Å². The van der Waals surface area contributed by atoms with Crippen molar-refractivity contribution in [2.24, 2.45) is 0 Å². The summed E-state index contributed by atoms with van der Waals surface area (Å²) in [7, 11) is 0. The molecule has 0 saturated carbocycles. The van der Waals surface area contributed by atoms with Crippen LogP contribution in [0.5, 0.6) is 11.5 Å². The van der Waals surface area contributed by atoms with Gasteiger partial charge in [-0.3, -0.25) is 10.1 Å². The molecule has 0 unspecified atom stereocenters. The maximum absolute atomic E-state index is 12.6. The van der Waals surface area contributed by atoms with Gasteiger partial charge in [0, 0.05) is 26.7 Å². The third-order valence-electron chi connectivity index (χ3n) is 3.86. The zero-order chi connectivity index (χ0) is 18.8. The van der Waals surface area contributed by atoms with Crippen LogP contribution in [0.15, 0.2) is 52.7 Å². The van der Waals surface area contributed by atoms with Gasteiger partial charge in [0.15, 0.2) is 16.6 Å². The van der Waals surface area contributed by atoms with Crippen molar-refractivity contribution in [3.8, 4) is 22.8 Å². The van der Waals surface area contributed by atoms with Crippen LogP contribution in [0, 0.1) is 0 Å². The first-order chi connectivity index (χ1) is 13.1. The molecule has 0 spiro atoms. The standard InChI is InChI=1S/C20H18N2O3S2/c1-12(2)27-15-5-3-4-14(8-15)19(23)22-20-21-16(10-26-20)13-6-7-17-18(9-13)25-11-24-17/h3-10,12H,11H2,1-2H3,(H,21,22,23). The zero-order valence-electron chi connectivity index (χ0n) is 14.9. The second-order valence-electron chi connectivity index (χ2n) is 6.25. The molecular weight excluding hydrogens is 380 g/mol. The molecule has 2 heterocycles. The number of rotatable bonds is 5. The number of hydrogen-bond donors (Lipinski definition) is 1. The number of thioether (sulfide) groups is 1. The molecule has 0 bridgehead atoms. The second kappa shape index (κ2) is 7.62. The quantitative estimate of drug-likeness (QED) is 0.592. The van der Waals surface area contributed by atoms with Gasteiger partial charge < -0.3 is 9.47 Å². The van der Waals surface area contributed by atoms with Crippen LogP contribution in [0.3, 0.4) is 0 Å². The Morgan fingerprint density at radius 3 is 2.89 bits per heavy atom. The van der Waals surface area contributed by atoms with Crippen LogP contribution >= 0.6 is 23.1 Å². The number of thiazole rings is 1. The summed E-state index contributed by atoms with van der Waals surface area (Å²) in [5.41, 5.74) is 2.34. The average Bonchev–Trinajstić information content (AvgIpc) is 3.29. The number of anilines is 1. The van der Waals surface area contributed by atoms with E-state index in [1.807, 2.05) is 47.8 Å². The second-order valence-corrected chi connectivity index (χ2v) is 8.76. The summed E-state index contributed by atoms with van der Waals surface area (Å²) in [5.74, 6) is 1.29. The van der Waals surface area contributed by atoms with Gasteiger partial charge in [-0.05, 0) is 36.4 Å². The number of amides is 1. The van der Waals surface area contributed by atoms with Gasteiger partial charge in [0.05, 0.1) is 5.69 Å². The summed E-state index contributed by atoms with van der Waals surface area (Å²) in [6.07, 6.45) is 0. The maximum Gasteiger partial charge on any atom is 0.257 e. The largest absolute Gasteiger partial charge is 0.454 e. The third kappa shape index (κ3) is 4.09. The van der Waals surface area contributed by atoms with E-state index < -0.39 is 0 Å². The van der Waals surface area contributed by atoms with E-state index in [2.05, 4.69) is 24.1 Å². The van der Waals surface area contributed by atoms with E-state index in [0.29, 0.717) is 21.7 Å². The van der Waals surface area contributed by atoms with Crippen molar-refractivity contribution in [1.82, 2.24) is 4.98 Å². The molecule has 2 aromatic carbocycles. The highest BCUT2D eigenvalue weighted by molar-refractivity contribution is 7.99. The summed E-state index contributed by atoms with van der Waals surface area (Å²) in [5, 5.41) is 5.83. The molecule has 0 fully saturated rings. The number of ether oxygens (including phenoxy) is 2. The minimum atomic E-state index is -0.159. The van der Waals surface area contributed by atoms with E-state index in [1.54, 1.807) is 11.8 Å². The molecule has 0 aliphatic carbocycles. The average molecular weight is 399 g/mol. The van der Waals surface area contributed by atoms with Gasteiger partial charge in [0.25, 0.3) is 5.91 Å². The topological polar surface area (TPSA) is 60.5 Å². The molecule has 1 aliphatic rings. The lowest BCUT2D eigenvalue weighted by Gasteiger charge is -2.07. The van der Waals surface area contributed by atoms with Crippen LogP contribution in [-0.4, -0.2) is 22.9 Å². The van der Waals surface area contributed by atoms with Crippen molar-refractivity contribution in [2.45, 2.75) is 24.0 Å². The van der Waals surface area contributed by atoms with Crippen LogP contribution in [0.25, 0.3) is 11.3 Å². The maximum atomic E-state index is 12.6. The lowest BCUT2D eigenvalue weighted by Crippen LogP contribution is -2.11. The van der Waals surface area contributed by atoms with E-state index >= 15 is 0 Å². The fraction of sp³-hybridized carbons (Fsp3) is 0.200. The van der Waals surface area contributed by atoms with E-state index in [4.69, 9.17) is 9.47 Å². The minimum absolute atomic E-state index is 0.159. The summed E-state index contributed by atoms with van der Waals surface area (Å²) in [4.78, 5) is 18.2. The Bertz CT molecular complexity index is 985. The molecule has 7 heteroatoms. The highest BCUT2D eigenvalue weighted by atomic mass is 32.2. The Kier molecular flexibility index (Phi) is 5.05. The number of fused-ring (bicyclic) bond motifs is 1. The first kappa shape index (κ1) is 17.9. The van der Waals surface area contributed by atoms with Crippen molar-refractivity contribution < 1.29 is 14.3 Å². The monoisotopic (exact) mass is 398 g/mol. The van der Waals surface area contributed by atoms with Crippen molar-refractivity contribution >= 4 is 34.1 Å². The van der Waals surface area contributed by atoms with E-state index in [0.717, 1.165) is 21.9 Å². The van der Waals surface area contributed by atoms with E-state index in [9.17, 15) is 4.79 Å². The molecule has 0 saturated heterocycles. The van der Waals surface area contributed by atoms with Gasteiger partial charge in [-0.1, -0.05) is 19.9 Å². The van der Waals surface area contributed by atoms with Crippen LogP contribution in [0.4, 0.5) is 5.13 Å². The molecule has 1 aromatic heterocycles. The van der Waals surface area contributed by atoms with Crippen LogP contribution in [0.1, 0.15) is 24.2 Å². The van der Waals surface area contributed by atoms with Crippen LogP contribution in [0.2, 0.25) is 0 Å². The number of benzene rings is 2. The molecule has 3 aromatic rings. The number of aromatic nitrogens is 1. The zero-order valence-corrected chi connectivity index (χ0v) is 16.5. The number of nitrogens with one attached hydrogen (secondary N) is 1. The van der Waals surface area contributed by atoms with Crippen molar-refractivity contribution in [3.63, 3.8) is 0 Å². The molecule has 1 aliphatic heterocycles. The molecule has 4 rings (SSSR count). The first-order valence-electron chi connectivity index (χ1n) is 8.52. The number of hydrogen-bond acceptors (Lipinski definition) is 6. The Labute approximate surface area is 165 Å². The smallest absolute Gasteiger partial charge is 0.257 e. The Balaban J connectivity index is 1.48. The van der Waals surface area contributed by atoms with E-state index in [-0.39, 0.29) is 12.7 Å². The third-order valence-corrected chi connectivity index (χ3v) is 5.62. The fourth-order valence-corrected chi connectivity index (χ4v) is 4.28. The normalized spacial score (nSPS) is 12.4. The molecule has 1 N–H and O–H groups in total. The Hall–Kier alpha value is -2.51. The first-order valence-corrected chi connectivity index (χ1v) is 10.3. The SMILES string of the molecule is CC(C)Sc1cccc(C(=O)Nc2nc(-c3ccc4c(c3)OCO4)cs2)c1. The summed E-state index contributed by atoms with van der Waals surface area (Å²) in [6.45, 7) is 4.50. The molecule has 27 heavy (non-hydrogen) atoms. The highest BCUT2D eigenvalue weighted by Crippen LogP contribution is 2.36. The number of carbonyl (C=O) groups excluding carboxylic acids is 1. The van der Waals surface area contributed by atoms with Crippen molar-refractivity contribution in [2.75, 3.05) is 12.1 Å². The number of nitrogens with zero attached hydrogens (tertiary/aromatic N) is 1. The predicted octanol–water partition coefficient (Wildman–Crippen LogP) is 5.29. The molecule has 5 nitrogen and oxygen atoms in total. The lowest BCUT2D eigenvalue weighted by molar-refractivity contribution is 0.102. The Morgan fingerprint density at radius 2 is 2.04 bits per heavy atom. The summed E-state index contributed by atoms with van der Waals surface area (Å²) >= 11 is 3.13. The molecule has 0 atom stereocenters. The molecule has 1 amide bonds. The van der Waals surface area contributed by atoms with E-state index in [1.165, 1.54) is 11.3 Å². The molecular formula is C20H18N2O3S2. The van der Waals surface area contributed by atoms with Gasteiger partial charge in [-0.2, -0.15) is 0 Å². The lowest BCUT2D eigenvalue weighted by atomic mass is 10.1. The van der Waals surface area contributed by atoms with Gasteiger partial charge in [-0.15, -0.1) is 23.1 Å².